The van der Waals surface area contributed by atoms with E-state index in [4.69, 9.17) is 39.5 Å². The van der Waals surface area contributed by atoms with Crippen LogP contribution in [0.5, 0.6) is 0 Å². The van der Waals surface area contributed by atoms with E-state index in [1.54, 1.807) is 12.1 Å². The van der Waals surface area contributed by atoms with Gasteiger partial charge in [0.05, 0.1) is 13.2 Å². The fraction of sp³-hybridized carbons (Fsp3) is 0.500. The van der Waals surface area contributed by atoms with E-state index >= 15 is 0 Å². The maximum atomic E-state index is 12.4. The summed E-state index contributed by atoms with van der Waals surface area (Å²) in [5, 5.41) is 2.81. The third kappa shape index (κ3) is 4.73. The van der Waals surface area contributed by atoms with Crippen LogP contribution in [-0.2, 0) is 4.74 Å². The summed E-state index contributed by atoms with van der Waals surface area (Å²) in [7, 11) is 0. The Morgan fingerprint density at radius 2 is 2.00 bits per heavy atom. The molecule has 21 heavy (non-hydrogen) atoms. The van der Waals surface area contributed by atoms with Crippen LogP contribution in [0.2, 0.25) is 0 Å². The van der Waals surface area contributed by atoms with Gasteiger partial charge < -0.3 is 10.1 Å². The first-order chi connectivity index (χ1) is 9.88. The molecule has 7 heteroatoms. The SMILES string of the molecule is Cc1cccc(C(=O)NC(N2CCOCC2)C(Cl)(Cl)Cl)c1. The van der Waals surface area contributed by atoms with Crippen LogP contribution in [0, 0.1) is 6.92 Å². The number of nitrogens with one attached hydrogen (secondary N) is 1. The van der Waals surface area contributed by atoms with Gasteiger partial charge in [0, 0.05) is 18.7 Å². The molecule has 0 spiro atoms. The number of nitrogens with zero attached hydrogens (tertiary/aromatic N) is 1. The van der Waals surface area contributed by atoms with Gasteiger partial charge in [0.25, 0.3) is 5.91 Å². The lowest BCUT2D eigenvalue weighted by Crippen LogP contribution is -2.58. The van der Waals surface area contributed by atoms with E-state index in [1.807, 2.05) is 24.0 Å². The van der Waals surface area contributed by atoms with Gasteiger partial charge in [-0.05, 0) is 19.1 Å². The summed E-state index contributed by atoms with van der Waals surface area (Å²) in [5.74, 6) is -0.262. The van der Waals surface area contributed by atoms with E-state index in [-0.39, 0.29) is 5.91 Å². The molecule has 1 fully saturated rings. The minimum absolute atomic E-state index is 0.262. The van der Waals surface area contributed by atoms with Crippen molar-refractivity contribution in [1.82, 2.24) is 10.2 Å². The Hall–Kier alpha value is -0.520. The van der Waals surface area contributed by atoms with E-state index in [9.17, 15) is 4.79 Å². The number of carbonyl (C=O) groups is 1. The summed E-state index contributed by atoms with van der Waals surface area (Å²) in [6.07, 6.45) is -0.695. The summed E-state index contributed by atoms with van der Waals surface area (Å²) in [5.41, 5.74) is 1.54. The Bertz CT molecular complexity index is 499. The molecule has 1 unspecified atom stereocenters. The van der Waals surface area contributed by atoms with Crippen LogP contribution in [-0.4, -0.2) is 47.1 Å². The molecule has 0 bridgehead atoms. The van der Waals surface area contributed by atoms with Crippen molar-refractivity contribution in [3.8, 4) is 0 Å². The van der Waals surface area contributed by atoms with E-state index in [2.05, 4.69) is 5.32 Å². The van der Waals surface area contributed by atoms with Gasteiger partial charge in [0.2, 0.25) is 3.79 Å². The first kappa shape index (κ1) is 16.8. The summed E-state index contributed by atoms with van der Waals surface area (Å²) in [6.45, 7) is 4.24. The molecular formula is C14H17Cl3N2O2. The second kappa shape index (κ2) is 7.16. The Kier molecular flexibility index (Phi) is 5.74. The van der Waals surface area contributed by atoms with E-state index < -0.39 is 9.96 Å². The molecule has 1 N–H and O–H groups in total. The molecule has 0 saturated carbocycles. The van der Waals surface area contributed by atoms with Gasteiger partial charge in [-0.25, -0.2) is 0 Å². The Morgan fingerprint density at radius 3 is 2.57 bits per heavy atom. The summed E-state index contributed by atoms with van der Waals surface area (Å²) < 4.78 is 3.67. The van der Waals surface area contributed by atoms with Crippen LogP contribution in [0.3, 0.4) is 0 Å². The van der Waals surface area contributed by atoms with Gasteiger partial charge in [-0.3, -0.25) is 9.69 Å². The van der Waals surface area contributed by atoms with Crippen molar-refractivity contribution >= 4 is 40.7 Å². The number of halogens is 3. The first-order valence-electron chi connectivity index (χ1n) is 6.64. The quantitative estimate of drug-likeness (QED) is 0.852. The number of alkyl halides is 3. The molecule has 0 radical (unpaired) electrons. The average Bonchev–Trinajstić information content (AvgIpc) is 2.44. The standard InChI is InChI=1S/C14H17Cl3N2O2/c1-10-3-2-4-11(9-10)12(20)18-13(14(15,16)17)19-5-7-21-8-6-19/h2-4,9,13H,5-8H2,1H3,(H,18,20). The van der Waals surface area contributed by atoms with Crippen molar-refractivity contribution in [2.45, 2.75) is 16.9 Å². The van der Waals surface area contributed by atoms with Crippen LogP contribution < -0.4 is 5.32 Å². The molecule has 1 atom stereocenters. The fourth-order valence-electron chi connectivity index (χ4n) is 2.21. The zero-order valence-electron chi connectivity index (χ0n) is 11.6. The number of ether oxygens (including phenoxy) is 1. The number of amides is 1. The molecular weight excluding hydrogens is 335 g/mol. The van der Waals surface area contributed by atoms with Gasteiger partial charge in [0.1, 0.15) is 6.17 Å². The topological polar surface area (TPSA) is 41.6 Å². The molecule has 1 heterocycles. The number of benzene rings is 1. The van der Waals surface area contributed by atoms with Gasteiger partial charge in [-0.1, -0.05) is 52.5 Å². The lowest BCUT2D eigenvalue weighted by atomic mass is 10.1. The number of hydrogen-bond acceptors (Lipinski definition) is 3. The summed E-state index contributed by atoms with van der Waals surface area (Å²) in [6, 6.07) is 7.27. The molecule has 1 saturated heterocycles. The molecule has 1 aromatic carbocycles. The second-order valence-electron chi connectivity index (χ2n) is 4.94. The predicted octanol–water partition coefficient (Wildman–Crippen LogP) is 2.75. The number of carbonyl (C=O) groups excluding carboxylic acids is 1. The molecule has 4 nitrogen and oxygen atoms in total. The van der Waals surface area contributed by atoms with Crippen molar-refractivity contribution in [2.75, 3.05) is 26.3 Å². The predicted molar refractivity (Wildman–Crippen MR) is 85.1 cm³/mol. The molecule has 1 amide bonds. The second-order valence-corrected chi connectivity index (χ2v) is 7.30. The third-order valence-electron chi connectivity index (χ3n) is 3.27. The van der Waals surface area contributed by atoms with Crippen molar-refractivity contribution in [3.05, 3.63) is 35.4 Å². The third-order valence-corrected chi connectivity index (χ3v) is 3.89. The highest BCUT2D eigenvalue weighted by molar-refractivity contribution is 6.68. The lowest BCUT2D eigenvalue weighted by Gasteiger charge is -2.38. The van der Waals surface area contributed by atoms with Crippen LogP contribution in [0.1, 0.15) is 15.9 Å². The summed E-state index contributed by atoms with van der Waals surface area (Å²) in [4.78, 5) is 14.3. The van der Waals surface area contributed by atoms with Gasteiger partial charge in [-0.2, -0.15) is 0 Å². The van der Waals surface area contributed by atoms with E-state index in [1.165, 1.54) is 0 Å². The molecule has 1 aliphatic rings. The maximum absolute atomic E-state index is 12.4. The minimum Gasteiger partial charge on any atom is -0.379 e. The zero-order chi connectivity index (χ0) is 15.5. The highest BCUT2D eigenvalue weighted by Crippen LogP contribution is 2.32. The molecule has 2 rings (SSSR count). The van der Waals surface area contributed by atoms with Gasteiger partial charge >= 0.3 is 0 Å². The molecule has 1 aromatic rings. The van der Waals surface area contributed by atoms with Gasteiger partial charge in [-0.15, -0.1) is 0 Å². The van der Waals surface area contributed by atoms with E-state index in [0.717, 1.165) is 5.56 Å². The number of morpholine rings is 1. The Labute approximate surface area is 139 Å². The lowest BCUT2D eigenvalue weighted by molar-refractivity contribution is 0.00996. The normalized spacial score (nSPS) is 18.3. The van der Waals surface area contributed by atoms with Crippen molar-refractivity contribution in [1.29, 1.82) is 0 Å². The van der Waals surface area contributed by atoms with Crippen LogP contribution in [0.4, 0.5) is 0 Å². The number of rotatable bonds is 3. The van der Waals surface area contributed by atoms with Crippen molar-refractivity contribution in [2.24, 2.45) is 0 Å². The summed E-state index contributed by atoms with van der Waals surface area (Å²) >= 11 is 18.1. The number of aryl methyl sites for hydroxylation is 1. The largest absolute Gasteiger partial charge is 0.379 e. The Morgan fingerprint density at radius 1 is 1.33 bits per heavy atom. The van der Waals surface area contributed by atoms with Crippen molar-refractivity contribution < 1.29 is 9.53 Å². The first-order valence-corrected chi connectivity index (χ1v) is 7.77. The highest BCUT2D eigenvalue weighted by atomic mass is 35.6. The van der Waals surface area contributed by atoms with Gasteiger partial charge in [0.15, 0.2) is 0 Å². The van der Waals surface area contributed by atoms with Crippen molar-refractivity contribution in [3.63, 3.8) is 0 Å². The smallest absolute Gasteiger partial charge is 0.252 e. The fourth-order valence-corrected chi connectivity index (χ4v) is 2.79. The van der Waals surface area contributed by atoms with Crippen LogP contribution in [0.25, 0.3) is 0 Å². The minimum atomic E-state index is -1.61. The molecule has 0 aliphatic carbocycles. The zero-order valence-corrected chi connectivity index (χ0v) is 13.9. The molecule has 116 valence electrons. The van der Waals surface area contributed by atoms with E-state index in [0.29, 0.717) is 31.9 Å². The molecule has 0 aromatic heterocycles. The highest BCUT2D eigenvalue weighted by Gasteiger charge is 2.39. The average molecular weight is 352 g/mol. The van der Waals surface area contributed by atoms with Crippen LogP contribution in [0.15, 0.2) is 24.3 Å². The molecule has 1 aliphatic heterocycles. The monoisotopic (exact) mass is 350 g/mol. The number of hydrogen-bond donors (Lipinski definition) is 1. The van der Waals surface area contributed by atoms with Crippen LogP contribution >= 0.6 is 34.8 Å². The maximum Gasteiger partial charge on any atom is 0.252 e. The Balaban J connectivity index is 2.13.